The van der Waals surface area contributed by atoms with Crippen LogP contribution >= 0.6 is 0 Å². The molecule has 1 rings (SSSR count). The third kappa shape index (κ3) is 4.56. The molecule has 1 unspecified atom stereocenters. The first-order valence-electron chi connectivity index (χ1n) is 6.91. The number of aryl methyl sites for hydroxylation is 1. The van der Waals surface area contributed by atoms with E-state index in [9.17, 15) is 4.79 Å². The Morgan fingerprint density at radius 3 is 2.53 bits per heavy atom. The Morgan fingerprint density at radius 2 is 2.00 bits per heavy atom. The van der Waals surface area contributed by atoms with Gasteiger partial charge in [0.1, 0.15) is 6.04 Å². The van der Waals surface area contributed by atoms with Crippen LogP contribution < -0.4 is 16.0 Å². The van der Waals surface area contributed by atoms with E-state index in [4.69, 9.17) is 5.73 Å². The van der Waals surface area contributed by atoms with Crippen LogP contribution in [-0.2, 0) is 4.79 Å². The molecule has 1 atom stereocenters. The molecule has 19 heavy (non-hydrogen) atoms. The molecule has 3 N–H and O–H groups in total. The normalized spacial score (nSPS) is 12.0. The zero-order valence-corrected chi connectivity index (χ0v) is 12.1. The number of likely N-dealkylation sites (N-methyl/N-ethyl adjacent to an activating group) is 1. The van der Waals surface area contributed by atoms with Crippen LogP contribution in [0, 0.1) is 6.92 Å². The molecule has 0 saturated carbocycles. The maximum absolute atomic E-state index is 12.0. The smallest absolute Gasteiger partial charge is 0.242 e. The number of carbonyl (C=O) groups excluding carboxylic acids is 1. The molecule has 1 aromatic carbocycles. The van der Waals surface area contributed by atoms with Crippen LogP contribution in [0.3, 0.4) is 0 Å². The number of hydrogen-bond acceptors (Lipinski definition) is 3. The fraction of sp³-hybridized carbons (Fsp3) is 0.533. The average Bonchev–Trinajstić information content (AvgIpc) is 2.41. The van der Waals surface area contributed by atoms with Crippen LogP contribution in [0.5, 0.6) is 0 Å². The van der Waals surface area contributed by atoms with Gasteiger partial charge in [0.15, 0.2) is 0 Å². The van der Waals surface area contributed by atoms with Gasteiger partial charge in [-0.15, -0.1) is 0 Å². The van der Waals surface area contributed by atoms with Crippen molar-refractivity contribution in [2.24, 2.45) is 5.73 Å². The van der Waals surface area contributed by atoms with Gasteiger partial charge in [-0.1, -0.05) is 17.7 Å². The van der Waals surface area contributed by atoms with E-state index in [1.165, 1.54) is 5.56 Å². The molecule has 0 spiro atoms. The van der Waals surface area contributed by atoms with Crippen LogP contribution in [0.4, 0.5) is 5.69 Å². The Kier molecular flexibility index (Phi) is 6.36. The topological polar surface area (TPSA) is 58.4 Å². The van der Waals surface area contributed by atoms with Gasteiger partial charge in [0.25, 0.3) is 0 Å². The second-order valence-electron chi connectivity index (χ2n) is 4.74. The molecule has 4 heteroatoms. The average molecular weight is 263 g/mol. The van der Waals surface area contributed by atoms with Crippen LogP contribution in [-0.4, -0.2) is 31.6 Å². The lowest BCUT2D eigenvalue weighted by Gasteiger charge is -2.30. The maximum atomic E-state index is 12.0. The zero-order chi connectivity index (χ0) is 14.3. The maximum Gasteiger partial charge on any atom is 0.242 e. The van der Waals surface area contributed by atoms with Gasteiger partial charge in [-0.3, -0.25) is 4.79 Å². The summed E-state index contributed by atoms with van der Waals surface area (Å²) in [6.45, 7) is 7.99. The van der Waals surface area contributed by atoms with Crippen molar-refractivity contribution in [2.75, 3.05) is 24.5 Å². The summed E-state index contributed by atoms with van der Waals surface area (Å²) in [6, 6.07) is 8.06. The lowest BCUT2D eigenvalue weighted by molar-refractivity contribution is -0.121. The fourth-order valence-electron chi connectivity index (χ4n) is 2.01. The van der Waals surface area contributed by atoms with Gasteiger partial charge in [-0.25, -0.2) is 0 Å². The number of nitrogens with zero attached hydrogens (tertiary/aromatic N) is 1. The van der Waals surface area contributed by atoms with Crippen LogP contribution in [0.15, 0.2) is 24.3 Å². The number of nitrogens with one attached hydrogen (secondary N) is 1. The minimum Gasteiger partial charge on any atom is -0.360 e. The Bertz CT molecular complexity index is 389. The lowest BCUT2D eigenvalue weighted by atomic mass is 10.1. The Hall–Kier alpha value is -1.55. The molecule has 106 valence electrons. The number of amides is 1. The zero-order valence-electron chi connectivity index (χ0n) is 12.1. The highest BCUT2D eigenvalue weighted by Crippen LogP contribution is 2.18. The van der Waals surface area contributed by atoms with E-state index in [0.717, 1.165) is 18.7 Å². The monoisotopic (exact) mass is 263 g/mol. The van der Waals surface area contributed by atoms with Crippen LogP contribution in [0.2, 0.25) is 0 Å². The molecule has 0 radical (unpaired) electrons. The van der Waals surface area contributed by atoms with Gasteiger partial charge in [0, 0.05) is 18.8 Å². The molecular weight excluding hydrogens is 238 g/mol. The van der Waals surface area contributed by atoms with Crippen LogP contribution in [0.25, 0.3) is 0 Å². The molecule has 1 aromatic rings. The number of benzene rings is 1. The lowest BCUT2D eigenvalue weighted by Crippen LogP contribution is -2.46. The summed E-state index contributed by atoms with van der Waals surface area (Å²) in [5.74, 6) is 0.0556. The Balaban J connectivity index is 2.87. The molecule has 0 fully saturated rings. The highest BCUT2D eigenvalue weighted by Gasteiger charge is 2.20. The third-order valence-electron chi connectivity index (χ3n) is 3.17. The second kappa shape index (κ2) is 7.79. The summed E-state index contributed by atoms with van der Waals surface area (Å²) in [6.07, 6.45) is 0.873. The molecule has 4 nitrogen and oxygen atoms in total. The van der Waals surface area contributed by atoms with Crippen molar-refractivity contribution in [1.29, 1.82) is 0 Å². The van der Waals surface area contributed by atoms with E-state index in [2.05, 4.69) is 41.4 Å². The van der Waals surface area contributed by atoms with Crippen molar-refractivity contribution in [2.45, 2.75) is 33.2 Å². The standard InChI is InChI=1S/C15H25N3O/c1-4-17-15(19)13(3)18(11-5-10-16)14-8-6-12(2)7-9-14/h6-9,13H,4-5,10-11,16H2,1-3H3,(H,17,19). The predicted molar refractivity (Wildman–Crippen MR) is 80.3 cm³/mol. The number of hydrogen-bond donors (Lipinski definition) is 2. The first-order valence-corrected chi connectivity index (χ1v) is 6.91. The summed E-state index contributed by atoms with van der Waals surface area (Å²) >= 11 is 0. The Labute approximate surface area is 116 Å². The number of anilines is 1. The minimum absolute atomic E-state index is 0.0556. The molecule has 0 bridgehead atoms. The predicted octanol–water partition coefficient (Wildman–Crippen LogP) is 1.67. The quantitative estimate of drug-likeness (QED) is 0.787. The van der Waals surface area contributed by atoms with Crippen LogP contribution in [0.1, 0.15) is 25.8 Å². The van der Waals surface area contributed by atoms with Gasteiger partial charge < -0.3 is 16.0 Å². The summed E-state index contributed by atoms with van der Waals surface area (Å²) in [7, 11) is 0. The summed E-state index contributed by atoms with van der Waals surface area (Å²) < 4.78 is 0. The van der Waals surface area contributed by atoms with E-state index in [1.807, 2.05) is 13.8 Å². The Morgan fingerprint density at radius 1 is 1.37 bits per heavy atom. The van der Waals surface area contributed by atoms with Crippen molar-refractivity contribution in [1.82, 2.24) is 5.32 Å². The van der Waals surface area contributed by atoms with E-state index in [1.54, 1.807) is 0 Å². The summed E-state index contributed by atoms with van der Waals surface area (Å²) in [5.41, 5.74) is 7.87. The highest BCUT2D eigenvalue weighted by atomic mass is 16.2. The van der Waals surface area contributed by atoms with Crippen molar-refractivity contribution in [3.05, 3.63) is 29.8 Å². The van der Waals surface area contributed by atoms with Crippen molar-refractivity contribution >= 4 is 11.6 Å². The third-order valence-corrected chi connectivity index (χ3v) is 3.17. The van der Waals surface area contributed by atoms with Gasteiger partial charge >= 0.3 is 0 Å². The fourth-order valence-corrected chi connectivity index (χ4v) is 2.01. The second-order valence-corrected chi connectivity index (χ2v) is 4.74. The first kappa shape index (κ1) is 15.5. The largest absolute Gasteiger partial charge is 0.360 e. The molecule has 0 heterocycles. The SMILES string of the molecule is CCNC(=O)C(C)N(CCCN)c1ccc(C)cc1. The minimum atomic E-state index is -0.186. The van der Waals surface area contributed by atoms with E-state index in [0.29, 0.717) is 13.1 Å². The molecule has 0 saturated heterocycles. The molecule has 0 aliphatic rings. The molecule has 0 aliphatic carbocycles. The van der Waals surface area contributed by atoms with E-state index < -0.39 is 0 Å². The molecule has 1 amide bonds. The molecule has 0 aromatic heterocycles. The summed E-state index contributed by atoms with van der Waals surface area (Å²) in [4.78, 5) is 14.1. The summed E-state index contributed by atoms with van der Waals surface area (Å²) in [5, 5.41) is 2.87. The first-order chi connectivity index (χ1) is 9.10. The van der Waals surface area contributed by atoms with E-state index in [-0.39, 0.29) is 11.9 Å². The molecular formula is C15H25N3O. The number of rotatable bonds is 7. The van der Waals surface area contributed by atoms with Crippen molar-refractivity contribution < 1.29 is 4.79 Å². The van der Waals surface area contributed by atoms with Gasteiger partial charge in [-0.2, -0.15) is 0 Å². The van der Waals surface area contributed by atoms with Crippen molar-refractivity contribution in [3.8, 4) is 0 Å². The van der Waals surface area contributed by atoms with Gasteiger partial charge in [0.05, 0.1) is 0 Å². The van der Waals surface area contributed by atoms with Crippen molar-refractivity contribution in [3.63, 3.8) is 0 Å². The van der Waals surface area contributed by atoms with Gasteiger partial charge in [0.2, 0.25) is 5.91 Å². The number of carbonyl (C=O) groups is 1. The number of nitrogens with two attached hydrogens (primary N) is 1. The molecule has 0 aliphatic heterocycles. The van der Waals surface area contributed by atoms with Gasteiger partial charge in [-0.05, 0) is 45.9 Å². The highest BCUT2D eigenvalue weighted by molar-refractivity contribution is 5.84. The van der Waals surface area contributed by atoms with E-state index >= 15 is 0 Å².